The van der Waals surface area contributed by atoms with E-state index in [-0.39, 0.29) is 10.6 Å². The fourth-order valence-electron chi connectivity index (χ4n) is 3.86. The number of morpholine rings is 1. The first-order valence-corrected chi connectivity index (χ1v) is 11.2. The van der Waals surface area contributed by atoms with Crippen LogP contribution in [0.25, 0.3) is 6.08 Å². The van der Waals surface area contributed by atoms with Gasteiger partial charge < -0.3 is 9.64 Å². The van der Waals surface area contributed by atoms with Crippen LogP contribution in [0.3, 0.4) is 0 Å². The molecule has 0 aromatic heterocycles. The summed E-state index contributed by atoms with van der Waals surface area (Å²) in [6, 6.07) is 14.5. The van der Waals surface area contributed by atoms with Crippen molar-refractivity contribution in [1.82, 2.24) is 4.90 Å². The van der Waals surface area contributed by atoms with Crippen LogP contribution in [-0.4, -0.2) is 48.6 Å². The van der Waals surface area contributed by atoms with E-state index >= 15 is 0 Å². The maximum Gasteiger partial charge on any atom is 0.269 e. The van der Waals surface area contributed by atoms with E-state index in [1.807, 2.05) is 30.5 Å². The number of ether oxygens (including phenoxy) is 1. The SMILES string of the molecule is O=[N+]([O-])c1ccc(/C=C2/CCC(C=N/N=C/c3cccc(Br)c3)=C2N2CCOCC2)cc1. The smallest absolute Gasteiger partial charge is 0.269 e. The Hall–Kier alpha value is -3.10. The monoisotopic (exact) mass is 494 g/mol. The van der Waals surface area contributed by atoms with Gasteiger partial charge in [0.2, 0.25) is 0 Å². The van der Waals surface area contributed by atoms with E-state index in [1.165, 1.54) is 11.3 Å². The molecule has 2 aromatic carbocycles. The Bertz CT molecular complexity index is 1100. The Morgan fingerprint density at radius 3 is 2.47 bits per heavy atom. The van der Waals surface area contributed by atoms with Gasteiger partial charge in [-0.1, -0.05) is 28.1 Å². The molecule has 1 fully saturated rings. The van der Waals surface area contributed by atoms with E-state index in [0.29, 0.717) is 13.2 Å². The molecule has 0 N–H and O–H groups in total. The van der Waals surface area contributed by atoms with E-state index in [0.717, 1.165) is 47.1 Å². The highest BCUT2D eigenvalue weighted by atomic mass is 79.9. The Morgan fingerprint density at radius 2 is 1.75 bits per heavy atom. The minimum atomic E-state index is -0.380. The van der Waals surface area contributed by atoms with Crippen LogP contribution in [-0.2, 0) is 4.74 Å². The lowest BCUT2D eigenvalue weighted by Crippen LogP contribution is -2.36. The van der Waals surface area contributed by atoms with Crippen molar-refractivity contribution >= 4 is 40.1 Å². The van der Waals surface area contributed by atoms with Crippen molar-refractivity contribution in [2.75, 3.05) is 26.3 Å². The molecule has 0 saturated carbocycles. The summed E-state index contributed by atoms with van der Waals surface area (Å²) in [5.41, 5.74) is 5.54. The topological polar surface area (TPSA) is 80.3 Å². The largest absolute Gasteiger partial charge is 0.378 e. The highest BCUT2D eigenvalue weighted by Gasteiger charge is 2.25. The molecule has 1 aliphatic heterocycles. The van der Waals surface area contributed by atoms with Gasteiger partial charge in [0.15, 0.2) is 0 Å². The summed E-state index contributed by atoms with van der Waals surface area (Å²) >= 11 is 3.46. The van der Waals surface area contributed by atoms with Crippen molar-refractivity contribution in [1.29, 1.82) is 0 Å². The molecule has 0 bridgehead atoms. The number of nitro groups is 1. The second kappa shape index (κ2) is 10.5. The van der Waals surface area contributed by atoms with Gasteiger partial charge in [-0.15, -0.1) is 0 Å². The number of benzene rings is 2. The Morgan fingerprint density at radius 1 is 1.00 bits per heavy atom. The summed E-state index contributed by atoms with van der Waals surface area (Å²) in [5, 5.41) is 19.5. The molecule has 0 radical (unpaired) electrons. The third-order valence-electron chi connectivity index (χ3n) is 5.38. The Labute approximate surface area is 195 Å². The third-order valence-corrected chi connectivity index (χ3v) is 5.87. The second-order valence-electron chi connectivity index (χ2n) is 7.54. The summed E-state index contributed by atoms with van der Waals surface area (Å²) in [7, 11) is 0. The summed E-state index contributed by atoms with van der Waals surface area (Å²) < 4.78 is 6.53. The summed E-state index contributed by atoms with van der Waals surface area (Å²) in [4.78, 5) is 12.9. The van der Waals surface area contributed by atoms with Crippen molar-refractivity contribution in [3.63, 3.8) is 0 Å². The number of allylic oxidation sites excluding steroid dienone is 2. The zero-order valence-electron chi connectivity index (χ0n) is 17.5. The highest BCUT2D eigenvalue weighted by Crippen LogP contribution is 2.35. The van der Waals surface area contributed by atoms with Gasteiger partial charge >= 0.3 is 0 Å². The fraction of sp³-hybridized carbons (Fsp3) is 0.250. The van der Waals surface area contributed by atoms with E-state index in [9.17, 15) is 10.1 Å². The summed E-state index contributed by atoms with van der Waals surface area (Å²) in [6.07, 6.45) is 7.46. The van der Waals surface area contributed by atoms with E-state index in [4.69, 9.17) is 4.74 Å². The number of nitrogens with zero attached hydrogens (tertiary/aromatic N) is 4. The van der Waals surface area contributed by atoms with Crippen LogP contribution in [0, 0.1) is 10.1 Å². The van der Waals surface area contributed by atoms with Crippen LogP contribution < -0.4 is 0 Å². The molecule has 1 saturated heterocycles. The minimum absolute atomic E-state index is 0.0960. The predicted molar refractivity (Wildman–Crippen MR) is 130 cm³/mol. The first-order valence-electron chi connectivity index (χ1n) is 10.4. The standard InChI is InChI=1S/C24H23BrN4O3/c25-22-3-1-2-19(15-22)16-26-27-17-21-7-6-20(24(21)28-10-12-32-13-11-28)14-18-4-8-23(9-5-18)29(30)31/h1-5,8-9,14-17H,6-7,10-13H2/b20-14-,26-16+,27-17?. The van der Waals surface area contributed by atoms with Crippen molar-refractivity contribution in [2.24, 2.45) is 10.2 Å². The lowest BCUT2D eigenvalue weighted by atomic mass is 10.1. The first kappa shape index (κ1) is 22.1. The molecule has 0 unspecified atom stereocenters. The van der Waals surface area contributed by atoms with Gasteiger partial charge in [-0.25, -0.2) is 0 Å². The molecule has 2 aliphatic rings. The molecule has 0 atom stereocenters. The van der Waals surface area contributed by atoms with Gasteiger partial charge in [-0.05, 0) is 65.5 Å². The second-order valence-corrected chi connectivity index (χ2v) is 8.45. The predicted octanol–water partition coefficient (Wildman–Crippen LogP) is 5.23. The lowest BCUT2D eigenvalue weighted by molar-refractivity contribution is -0.384. The molecule has 7 nitrogen and oxygen atoms in total. The first-order chi connectivity index (χ1) is 15.6. The molecule has 8 heteroatoms. The average Bonchev–Trinajstić information content (AvgIpc) is 3.20. The van der Waals surface area contributed by atoms with Gasteiger partial charge in [0, 0.05) is 35.4 Å². The quantitative estimate of drug-likeness (QED) is 0.313. The molecule has 1 aliphatic carbocycles. The Kier molecular flexibility index (Phi) is 7.24. The van der Waals surface area contributed by atoms with Crippen LogP contribution in [0.5, 0.6) is 0 Å². The number of non-ortho nitro benzene ring substituents is 1. The van der Waals surface area contributed by atoms with Crippen LogP contribution >= 0.6 is 15.9 Å². The summed E-state index contributed by atoms with van der Waals surface area (Å²) in [5.74, 6) is 0. The van der Waals surface area contributed by atoms with E-state index in [1.54, 1.807) is 30.5 Å². The van der Waals surface area contributed by atoms with Gasteiger partial charge in [0.25, 0.3) is 5.69 Å². The van der Waals surface area contributed by atoms with E-state index < -0.39 is 0 Å². The molecule has 4 rings (SSSR count). The molecule has 0 spiro atoms. The minimum Gasteiger partial charge on any atom is -0.378 e. The number of rotatable bonds is 6. The average molecular weight is 495 g/mol. The van der Waals surface area contributed by atoms with Gasteiger partial charge in [-0.2, -0.15) is 10.2 Å². The molecule has 2 aromatic rings. The molecule has 164 valence electrons. The highest BCUT2D eigenvalue weighted by molar-refractivity contribution is 9.10. The number of hydrogen-bond donors (Lipinski definition) is 0. The van der Waals surface area contributed by atoms with Crippen molar-refractivity contribution in [3.8, 4) is 0 Å². The molecular formula is C24H23BrN4O3. The van der Waals surface area contributed by atoms with Crippen molar-refractivity contribution in [2.45, 2.75) is 12.8 Å². The van der Waals surface area contributed by atoms with Crippen LogP contribution in [0.1, 0.15) is 24.0 Å². The lowest BCUT2D eigenvalue weighted by Gasteiger charge is -2.31. The van der Waals surface area contributed by atoms with Crippen LogP contribution in [0.2, 0.25) is 0 Å². The summed E-state index contributed by atoms with van der Waals surface area (Å²) in [6.45, 7) is 3.04. The number of hydrogen-bond acceptors (Lipinski definition) is 6. The maximum absolute atomic E-state index is 10.9. The van der Waals surface area contributed by atoms with Crippen molar-refractivity contribution < 1.29 is 9.66 Å². The van der Waals surface area contributed by atoms with Gasteiger partial charge in [-0.3, -0.25) is 10.1 Å². The molecule has 32 heavy (non-hydrogen) atoms. The third kappa shape index (κ3) is 5.57. The Balaban J connectivity index is 1.59. The number of halogens is 1. The zero-order chi connectivity index (χ0) is 22.3. The van der Waals surface area contributed by atoms with Gasteiger partial charge in [0.1, 0.15) is 0 Å². The number of nitro benzene ring substituents is 1. The van der Waals surface area contributed by atoms with E-state index in [2.05, 4.69) is 37.1 Å². The van der Waals surface area contributed by atoms with Crippen molar-refractivity contribution in [3.05, 3.63) is 91.1 Å². The normalized spacial score (nSPS) is 18.4. The maximum atomic E-state index is 10.9. The molecular weight excluding hydrogens is 472 g/mol. The molecule has 0 amide bonds. The van der Waals surface area contributed by atoms with Gasteiger partial charge in [0.05, 0.1) is 30.6 Å². The fourth-order valence-corrected chi connectivity index (χ4v) is 4.27. The molecule has 1 heterocycles. The van der Waals surface area contributed by atoms with Crippen LogP contribution in [0.4, 0.5) is 5.69 Å². The zero-order valence-corrected chi connectivity index (χ0v) is 19.1. The van der Waals surface area contributed by atoms with Crippen LogP contribution in [0.15, 0.2) is 80.0 Å².